The zero-order valence-corrected chi connectivity index (χ0v) is 16.0. The van der Waals surface area contributed by atoms with Crippen LogP contribution in [0.25, 0.3) is 0 Å². The summed E-state index contributed by atoms with van der Waals surface area (Å²) in [5.41, 5.74) is 1.34. The number of hydrazone groups is 1. The van der Waals surface area contributed by atoms with Crippen LogP contribution >= 0.6 is 23.2 Å². The summed E-state index contributed by atoms with van der Waals surface area (Å²) in [5, 5.41) is 16.1. The van der Waals surface area contributed by atoms with Gasteiger partial charge < -0.3 is 5.11 Å². The van der Waals surface area contributed by atoms with Gasteiger partial charge in [0.25, 0.3) is 5.91 Å². The van der Waals surface area contributed by atoms with Gasteiger partial charge in [-0.15, -0.1) is 0 Å². The summed E-state index contributed by atoms with van der Waals surface area (Å²) in [5.74, 6) is -1.21. The van der Waals surface area contributed by atoms with E-state index in [0.717, 1.165) is 0 Å². The van der Waals surface area contributed by atoms with Crippen molar-refractivity contribution in [1.82, 2.24) is 5.43 Å². The topological polar surface area (TPSA) is 61.7 Å². The van der Waals surface area contributed by atoms with Crippen molar-refractivity contribution in [2.45, 2.75) is 5.60 Å². The smallest absolute Gasteiger partial charge is 0.281 e. The maximum Gasteiger partial charge on any atom is 0.281 e. The lowest BCUT2D eigenvalue weighted by Gasteiger charge is -2.27. The first kappa shape index (κ1) is 20.0. The number of nitrogens with one attached hydrogen (secondary N) is 1. The molecule has 0 aliphatic rings. The van der Waals surface area contributed by atoms with Gasteiger partial charge >= 0.3 is 0 Å². The average Bonchev–Trinajstić information content (AvgIpc) is 2.68. The van der Waals surface area contributed by atoms with Crippen molar-refractivity contribution in [2.75, 3.05) is 0 Å². The number of aliphatic hydroxyl groups is 1. The molecule has 0 spiro atoms. The molecule has 0 aromatic heterocycles. The predicted octanol–water partition coefficient (Wildman–Crippen LogP) is 4.52. The summed E-state index contributed by atoms with van der Waals surface area (Å²) in [6.45, 7) is 0. The molecule has 3 rings (SSSR count). The monoisotopic (exact) mass is 416 g/mol. The quantitative estimate of drug-likeness (QED) is 0.474. The lowest BCUT2D eigenvalue weighted by molar-refractivity contribution is -0.136. The number of carbonyl (C=O) groups is 1. The van der Waals surface area contributed by atoms with Crippen LogP contribution < -0.4 is 5.43 Å². The highest BCUT2D eigenvalue weighted by atomic mass is 35.5. The van der Waals surface area contributed by atoms with Crippen LogP contribution in [0.4, 0.5) is 4.39 Å². The lowest BCUT2D eigenvalue weighted by atomic mass is 9.85. The Bertz CT molecular complexity index is 960. The second kappa shape index (κ2) is 8.52. The molecular weight excluding hydrogens is 402 g/mol. The zero-order chi connectivity index (χ0) is 20.1. The van der Waals surface area contributed by atoms with Crippen LogP contribution in [0.2, 0.25) is 10.0 Å². The van der Waals surface area contributed by atoms with Crippen LogP contribution in [-0.2, 0) is 10.4 Å². The van der Waals surface area contributed by atoms with Crippen molar-refractivity contribution in [2.24, 2.45) is 5.10 Å². The van der Waals surface area contributed by atoms with Gasteiger partial charge in [-0.25, -0.2) is 9.82 Å². The summed E-state index contributed by atoms with van der Waals surface area (Å²) < 4.78 is 13.2. The molecule has 0 saturated heterocycles. The van der Waals surface area contributed by atoms with E-state index in [1.165, 1.54) is 24.4 Å². The number of nitrogens with zero attached hydrogens (tertiary/aromatic N) is 1. The van der Waals surface area contributed by atoms with Gasteiger partial charge in [0.1, 0.15) is 5.82 Å². The molecule has 3 aromatic rings. The van der Waals surface area contributed by atoms with Crippen molar-refractivity contribution >= 4 is 35.3 Å². The van der Waals surface area contributed by atoms with Gasteiger partial charge in [0.05, 0.1) is 6.21 Å². The van der Waals surface area contributed by atoms with Crippen molar-refractivity contribution in [3.63, 3.8) is 0 Å². The van der Waals surface area contributed by atoms with Gasteiger partial charge in [0, 0.05) is 10.0 Å². The van der Waals surface area contributed by atoms with Gasteiger partial charge in [0.2, 0.25) is 0 Å². The minimum Gasteiger partial charge on any atom is -0.372 e. The molecule has 0 unspecified atom stereocenters. The fourth-order valence-electron chi connectivity index (χ4n) is 2.64. The largest absolute Gasteiger partial charge is 0.372 e. The lowest BCUT2D eigenvalue weighted by Crippen LogP contribution is -2.43. The minimum atomic E-state index is -2.03. The van der Waals surface area contributed by atoms with Gasteiger partial charge in [-0.1, -0.05) is 59.6 Å². The fourth-order valence-corrected chi connectivity index (χ4v) is 2.90. The molecule has 28 heavy (non-hydrogen) atoms. The highest BCUT2D eigenvalue weighted by molar-refractivity contribution is 6.30. The maximum atomic E-state index is 13.2. The molecule has 0 atom stereocenters. The summed E-state index contributed by atoms with van der Waals surface area (Å²) in [7, 11) is 0. The van der Waals surface area contributed by atoms with Gasteiger partial charge in [-0.3, -0.25) is 4.79 Å². The third kappa shape index (κ3) is 4.39. The van der Waals surface area contributed by atoms with E-state index in [-0.39, 0.29) is 0 Å². The predicted molar refractivity (Wildman–Crippen MR) is 108 cm³/mol. The van der Waals surface area contributed by atoms with Gasteiger partial charge in [0.15, 0.2) is 5.60 Å². The van der Waals surface area contributed by atoms with Crippen molar-refractivity contribution in [3.05, 3.63) is 105 Å². The van der Waals surface area contributed by atoms with E-state index in [4.69, 9.17) is 23.2 Å². The summed E-state index contributed by atoms with van der Waals surface area (Å²) >= 11 is 11.8. The second-order valence-corrected chi connectivity index (χ2v) is 6.85. The Morgan fingerprint density at radius 3 is 2.00 bits per heavy atom. The van der Waals surface area contributed by atoms with Crippen molar-refractivity contribution in [3.8, 4) is 0 Å². The first-order valence-corrected chi connectivity index (χ1v) is 8.99. The number of hydrogen-bond acceptors (Lipinski definition) is 3. The van der Waals surface area contributed by atoms with Crippen LogP contribution in [0.5, 0.6) is 0 Å². The molecule has 142 valence electrons. The average molecular weight is 417 g/mol. The Morgan fingerprint density at radius 2 is 1.50 bits per heavy atom. The van der Waals surface area contributed by atoms with Crippen molar-refractivity contribution in [1.29, 1.82) is 0 Å². The molecule has 0 aliphatic carbocycles. The Kier molecular flexibility index (Phi) is 6.09. The molecule has 7 heteroatoms. The third-order valence-corrected chi connectivity index (χ3v) is 4.58. The van der Waals surface area contributed by atoms with E-state index >= 15 is 0 Å². The van der Waals surface area contributed by atoms with E-state index in [1.807, 2.05) is 0 Å². The Balaban J connectivity index is 1.93. The zero-order valence-electron chi connectivity index (χ0n) is 14.4. The van der Waals surface area contributed by atoms with Crippen LogP contribution in [-0.4, -0.2) is 17.2 Å². The molecule has 4 nitrogen and oxygen atoms in total. The first-order valence-electron chi connectivity index (χ1n) is 8.23. The van der Waals surface area contributed by atoms with E-state index < -0.39 is 17.3 Å². The van der Waals surface area contributed by atoms with Gasteiger partial charge in [-0.05, 0) is 53.1 Å². The van der Waals surface area contributed by atoms with Crippen molar-refractivity contribution < 1.29 is 14.3 Å². The molecule has 0 aliphatic heterocycles. The molecule has 0 heterocycles. The normalized spacial score (nSPS) is 11.6. The summed E-state index contributed by atoms with van der Waals surface area (Å²) in [4.78, 5) is 12.9. The third-order valence-electron chi connectivity index (χ3n) is 4.08. The SMILES string of the molecule is O=C(N/N=C/c1cccc(F)c1)C(O)(c1ccc(Cl)cc1)c1ccc(Cl)cc1. The highest BCUT2D eigenvalue weighted by Crippen LogP contribution is 2.31. The number of halogens is 3. The molecule has 0 radical (unpaired) electrons. The summed E-state index contributed by atoms with van der Waals surface area (Å²) in [6, 6.07) is 18.2. The first-order chi connectivity index (χ1) is 13.4. The molecular formula is C21H15Cl2FN2O2. The van der Waals surface area contributed by atoms with Crippen LogP contribution in [0.3, 0.4) is 0 Å². The Labute approximate surface area is 171 Å². The molecule has 0 saturated carbocycles. The Hall–Kier alpha value is -2.73. The fraction of sp³-hybridized carbons (Fsp3) is 0.0476. The van der Waals surface area contributed by atoms with E-state index in [1.54, 1.807) is 54.6 Å². The number of benzene rings is 3. The molecule has 1 amide bonds. The number of carbonyl (C=O) groups excluding carboxylic acids is 1. The van der Waals surface area contributed by atoms with E-state index in [2.05, 4.69) is 10.5 Å². The Morgan fingerprint density at radius 1 is 0.964 bits per heavy atom. The standard InChI is InChI=1S/C21H15Cl2FN2O2/c22-17-8-4-15(5-9-17)21(28,16-6-10-18(23)11-7-16)20(27)26-25-13-14-2-1-3-19(24)12-14/h1-13,28H,(H,26,27)/b25-13+. The van der Waals surface area contributed by atoms with E-state index in [9.17, 15) is 14.3 Å². The highest BCUT2D eigenvalue weighted by Gasteiger charge is 2.40. The minimum absolute atomic E-state index is 0.303. The van der Waals surface area contributed by atoms with E-state index in [0.29, 0.717) is 26.7 Å². The maximum absolute atomic E-state index is 13.2. The van der Waals surface area contributed by atoms with Crippen LogP contribution in [0.15, 0.2) is 77.9 Å². The summed E-state index contributed by atoms with van der Waals surface area (Å²) in [6.07, 6.45) is 1.28. The number of rotatable bonds is 5. The molecule has 2 N–H and O–H groups in total. The second-order valence-electron chi connectivity index (χ2n) is 5.98. The molecule has 0 fully saturated rings. The molecule has 0 bridgehead atoms. The van der Waals surface area contributed by atoms with Crippen LogP contribution in [0.1, 0.15) is 16.7 Å². The van der Waals surface area contributed by atoms with Crippen LogP contribution in [0, 0.1) is 5.82 Å². The number of amides is 1. The van der Waals surface area contributed by atoms with Gasteiger partial charge in [-0.2, -0.15) is 5.10 Å². The number of hydrogen-bond donors (Lipinski definition) is 2. The molecule has 3 aromatic carbocycles.